The third kappa shape index (κ3) is 2.83. The van der Waals surface area contributed by atoms with E-state index < -0.39 is 0 Å². The molecule has 2 rings (SSSR count). The molecule has 94 valence electrons. The smallest absolute Gasteiger partial charge is 0.101 e. The Morgan fingerprint density at radius 3 is 2.68 bits per heavy atom. The van der Waals surface area contributed by atoms with Gasteiger partial charge in [0.2, 0.25) is 0 Å². The molecule has 0 radical (unpaired) electrons. The topological polar surface area (TPSA) is 36.7 Å². The molecule has 0 unspecified atom stereocenters. The van der Waals surface area contributed by atoms with Crippen molar-refractivity contribution in [3.63, 3.8) is 0 Å². The zero-order chi connectivity index (χ0) is 13.8. The van der Waals surface area contributed by atoms with Gasteiger partial charge in [0.15, 0.2) is 0 Å². The molecule has 0 amide bonds. The standard InChI is InChI=1S/C16H13ClN2/c1-11-5-6-12(2)14(8-11)16(17)15(9-18)13-4-3-7-19-10-13/h3-8,10H,1-2H3/b16-15+. The highest BCUT2D eigenvalue weighted by Crippen LogP contribution is 2.31. The van der Waals surface area contributed by atoms with E-state index in [1.54, 1.807) is 18.5 Å². The summed E-state index contributed by atoms with van der Waals surface area (Å²) in [7, 11) is 0. The summed E-state index contributed by atoms with van der Waals surface area (Å²) in [6.07, 6.45) is 3.32. The number of halogens is 1. The summed E-state index contributed by atoms with van der Waals surface area (Å²) < 4.78 is 0. The maximum atomic E-state index is 9.35. The van der Waals surface area contributed by atoms with E-state index in [9.17, 15) is 5.26 Å². The van der Waals surface area contributed by atoms with Gasteiger partial charge in [-0.05, 0) is 31.0 Å². The predicted molar refractivity (Wildman–Crippen MR) is 78.4 cm³/mol. The molecule has 0 aliphatic carbocycles. The van der Waals surface area contributed by atoms with Crippen molar-refractivity contribution in [1.29, 1.82) is 5.26 Å². The minimum atomic E-state index is 0.448. The number of allylic oxidation sites excluding steroid dienone is 1. The highest BCUT2D eigenvalue weighted by atomic mass is 35.5. The van der Waals surface area contributed by atoms with Crippen LogP contribution >= 0.6 is 11.6 Å². The quantitative estimate of drug-likeness (QED) is 0.760. The van der Waals surface area contributed by atoms with Crippen LogP contribution in [0.5, 0.6) is 0 Å². The van der Waals surface area contributed by atoms with E-state index in [-0.39, 0.29) is 0 Å². The fraction of sp³-hybridized carbons (Fsp3) is 0.125. The highest BCUT2D eigenvalue weighted by molar-refractivity contribution is 6.53. The fourth-order valence-electron chi connectivity index (χ4n) is 1.86. The Hall–Kier alpha value is -2.11. The van der Waals surface area contributed by atoms with Crippen molar-refractivity contribution in [1.82, 2.24) is 4.98 Å². The van der Waals surface area contributed by atoms with Crippen LogP contribution in [0.4, 0.5) is 0 Å². The molecular formula is C16H13ClN2. The van der Waals surface area contributed by atoms with E-state index in [1.807, 2.05) is 38.1 Å². The number of hydrogen-bond donors (Lipinski definition) is 0. The molecule has 2 nitrogen and oxygen atoms in total. The molecule has 1 aromatic heterocycles. The van der Waals surface area contributed by atoms with Gasteiger partial charge in [0.05, 0.1) is 10.6 Å². The second-order valence-electron chi connectivity index (χ2n) is 4.36. The van der Waals surface area contributed by atoms with Crippen LogP contribution in [0, 0.1) is 25.2 Å². The first kappa shape index (κ1) is 13.3. The second kappa shape index (κ2) is 5.69. The van der Waals surface area contributed by atoms with Gasteiger partial charge >= 0.3 is 0 Å². The van der Waals surface area contributed by atoms with Crippen LogP contribution < -0.4 is 0 Å². The average Bonchev–Trinajstić information content (AvgIpc) is 2.43. The number of benzene rings is 1. The van der Waals surface area contributed by atoms with E-state index >= 15 is 0 Å². The predicted octanol–water partition coefficient (Wildman–Crippen LogP) is 4.33. The Bertz CT molecular complexity index is 667. The largest absolute Gasteiger partial charge is 0.264 e. The van der Waals surface area contributed by atoms with Gasteiger partial charge in [-0.3, -0.25) is 4.98 Å². The number of nitrogens with zero attached hydrogens (tertiary/aromatic N) is 2. The number of nitriles is 1. The van der Waals surface area contributed by atoms with Gasteiger partial charge in [-0.25, -0.2) is 0 Å². The Labute approximate surface area is 118 Å². The van der Waals surface area contributed by atoms with Gasteiger partial charge in [0.1, 0.15) is 6.07 Å². The summed E-state index contributed by atoms with van der Waals surface area (Å²) in [5.41, 5.74) is 4.23. The zero-order valence-corrected chi connectivity index (χ0v) is 11.6. The number of hydrogen-bond acceptors (Lipinski definition) is 2. The van der Waals surface area contributed by atoms with Crippen LogP contribution in [0.25, 0.3) is 10.6 Å². The van der Waals surface area contributed by atoms with Gasteiger partial charge in [0.25, 0.3) is 0 Å². The van der Waals surface area contributed by atoms with E-state index in [4.69, 9.17) is 11.6 Å². The molecule has 2 aromatic rings. The monoisotopic (exact) mass is 268 g/mol. The Kier molecular flexibility index (Phi) is 3.99. The third-order valence-electron chi connectivity index (χ3n) is 2.91. The molecule has 0 saturated carbocycles. The first-order chi connectivity index (χ1) is 9.13. The van der Waals surface area contributed by atoms with Gasteiger partial charge in [-0.1, -0.05) is 41.4 Å². The van der Waals surface area contributed by atoms with Crippen molar-refractivity contribution in [3.8, 4) is 6.07 Å². The molecule has 0 spiro atoms. The summed E-state index contributed by atoms with van der Waals surface area (Å²) in [5, 5.41) is 9.82. The summed E-state index contributed by atoms with van der Waals surface area (Å²) in [6, 6.07) is 11.8. The Morgan fingerprint density at radius 1 is 1.26 bits per heavy atom. The summed E-state index contributed by atoms with van der Waals surface area (Å²) >= 11 is 6.41. The fourth-order valence-corrected chi connectivity index (χ4v) is 2.21. The highest BCUT2D eigenvalue weighted by Gasteiger charge is 2.11. The zero-order valence-electron chi connectivity index (χ0n) is 10.8. The van der Waals surface area contributed by atoms with Crippen LogP contribution in [-0.2, 0) is 0 Å². The lowest BCUT2D eigenvalue weighted by Gasteiger charge is -2.08. The van der Waals surface area contributed by atoms with E-state index in [0.717, 1.165) is 22.3 Å². The minimum absolute atomic E-state index is 0.448. The van der Waals surface area contributed by atoms with Crippen molar-refractivity contribution in [2.45, 2.75) is 13.8 Å². The normalized spacial score (nSPS) is 11.7. The molecule has 0 N–H and O–H groups in total. The maximum absolute atomic E-state index is 9.35. The molecular weight excluding hydrogens is 256 g/mol. The molecule has 1 aromatic carbocycles. The molecule has 0 aliphatic rings. The summed E-state index contributed by atoms with van der Waals surface area (Å²) in [4.78, 5) is 4.03. The van der Waals surface area contributed by atoms with Crippen LogP contribution in [0.15, 0.2) is 42.7 Å². The first-order valence-electron chi connectivity index (χ1n) is 5.91. The third-order valence-corrected chi connectivity index (χ3v) is 3.30. The van der Waals surface area contributed by atoms with Gasteiger partial charge < -0.3 is 0 Å². The summed E-state index contributed by atoms with van der Waals surface area (Å²) in [5.74, 6) is 0. The van der Waals surface area contributed by atoms with Crippen molar-refractivity contribution >= 4 is 22.2 Å². The molecule has 0 aliphatic heterocycles. The first-order valence-corrected chi connectivity index (χ1v) is 6.29. The minimum Gasteiger partial charge on any atom is -0.264 e. The SMILES string of the molecule is Cc1ccc(C)c(/C(Cl)=C(/C#N)c2cccnc2)c1. The Morgan fingerprint density at radius 2 is 2.05 bits per heavy atom. The van der Waals surface area contributed by atoms with Crippen molar-refractivity contribution in [2.75, 3.05) is 0 Å². The molecule has 19 heavy (non-hydrogen) atoms. The average molecular weight is 269 g/mol. The molecule has 1 heterocycles. The lowest BCUT2D eigenvalue weighted by molar-refractivity contribution is 1.31. The molecule has 0 fully saturated rings. The number of aromatic nitrogens is 1. The van der Waals surface area contributed by atoms with Crippen molar-refractivity contribution in [3.05, 3.63) is 65.0 Å². The van der Waals surface area contributed by atoms with Crippen LogP contribution in [-0.4, -0.2) is 4.98 Å². The second-order valence-corrected chi connectivity index (χ2v) is 4.74. The maximum Gasteiger partial charge on any atom is 0.101 e. The Balaban J connectivity index is 2.62. The van der Waals surface area contributed by atoms with Gasteiger partial charge in [-0.15, -0.1) is 0 Å². The van der Waals surface area contributed by atoms with E-state index in [0.29, 0.717) is 10.6 Å². The van der Waals surface area contributed by atoms with Crippen LogP contribution in [0.1, 0.15) is 22.3 Å². The van der Waals surface area contributed by atoms with Gasteiger partial charge in [-0.2, -0.15) is 5.26 Å². The lowest BCUT2D eigenvalue weighted by Crippen LogP contribution is -1.91. The summed E-state index contributed by atoms with van der Waals surface area (Å²) in [6.45, 7) is 3.98. The molecule has 3 heteroatoms. The number of pyridine rings is 1. The number of aryl methyl sites for hydroxylation is 2. The molecule has 0 bridgehead atoms. The van der Waals surface area contributed by atoms with Crippen molar-refractivity contribution < 1.29 is 0 Å². The number of rotatable bonds is 2. The lowest BCUT2D eigenvalue weighted by atomic mass is 10.0. The van der Waals surface area contributed by atoms with E-state index in [1.165, 1.54) is 0 Å². The van der Waals surface area contributed by atoms with Crippen LogP contribution in [0.3, 0.4) is 0 Å². The van der Waals surface area contributed by atoms with Gasteiger partial charge in [0, 0.05) is 18.0 Å². The van der Waals surface area contributed by atoms with Crippen LogP contribution in [0.2, 0.25) is 0 Å². The molecule has 0 saturated heterocycles. The molecule has 0 atom stereocenters. The van der Waals surface area contributed by atoms with Crippen molar-refractivity contribution in [2.24, 2.45) is 0 Å². The van der Waals surface area contributed by atoms with E-state index in [2.05, 4.69) is 11.1 Å².